The van der Waals surface area contributed by atoms with Crippen molar-refractivity contribution in [2.24, 2.45) is 0 Å². The first-order chi connectivity index (χ1) is 7.54. The highest BCUT2D eigenvalue weighted by molar-refractivity contribution is 5.78. The smallest absolute Gasteiger partial charge is 0.323 e. The van der Waals surface area contributed by atoms with Crippen molar-refractivity contribution in [1.82, 2.24) is 4.90 Å². The van der Waals surface area contributed by atoms with Gasteiger partial charge in [-0.1, -0.05) is 0 Å². The summed E-state index contributed by atoms with van der Waals surface area (Å²) in [5.74, 6) is -0.677. The number of aliphatic carboxylic acids is 1. The fourth-order valence-corrected chi connectivity index (χ4v) is 3.06. The molecule has 4 nitrogen and oxygen atoms in total. The van der Waals surface area contributed by atoms with E-state index in [1.165, 1.54) is 0 Å². The molecular weight excluding hydrogens is 206 g/mol. The van der Waals surface area contributed by atoms with Crippen LogP contribution in [0.25, 0.3) is 0 Å². The molecule has 0 aromatic carbocycles. The van der Waals surface area contributed by atoms with Crippen LogP contribution < -0.4 is 0 Å². The van der Waals surface area contributed by atoms with Crippen LogP contribution in [0.5, 0.6) is 0 Å². The maximum Gasteiger partial charge on any atom is 0.323 e. The van der Waals surface area contributed by atoms with Crippen LogP contribution in [-0.4, -0.2) is 46.8 Å². The van der Waals surface area contributed by atoms with Crippen LogP contribution in [0.1, 0.15) is 39.5 Å². The van der Waals surface area contributed by atoms with Crippen LogP contribution in [0.3, 0.4) is 0 Å². The zero-order valence-electron chi connectivity index (χ0n) is 10.1. The van der Waals surface area contributed by atoms with Gasteiger partial charge in [0, 0.05) is 12.6 Å². The molecule has 0 aromatic rings. The minimum Gasteiger partial charge on any atom is -0.480 e. The number of ether oxygens (including phenoxy) is 1. The fraction of sp³-hybridized carbons (Fsp3) is 0.917. The molecule has 0 radical (unpaired) electrons. The molecule has 16 heavy (non-hydrogen) atoms. The van der Waals surface area contributed by atoms with Gasteiger partial charge in [-0.3, -0.25) is 9.69 Å². The maximum atomic E-state index is 11.4. The lowest BCUT2D eigenvalue weighted by atomic mass is 9.94. The molecule has 0 bridgehead atoms. The molecule has 2 heterocycles. The topological polar surface area (TPSA) is 49.8 Å². The van der Waals surface area contributed by atoms with Gasteiger partial charge in [0.15, 0.2) is 0 Å². The van der Waals surface area contributed by atoms with Crippen LogP contribution in [0.2, 0.25) is 0 Å². The van der Waals surface area contributed by atoms with Gasteiger partial charge in [-0.05, 0) is 46.1 Å². The second-order valence-electron chi connectivity index (χ2n) is 5.24. The van der Waals surface area contributed by atoms with Crippen LogP contribution in [-0.2, 0) is 9.53 Å². The minimum atomic E-state index is -0.677. The number of carbonyl (C=O) groups is 1. The summed E-state index contributed by atoms with van der Waals surface area (Å²) >= 11 is 0. The van der Waals surface area contributed by atoms with Gasteiger partial charge in [0.1, 0.15) is 5.54 Å². The Kier molecular flexibility index (Phi) is 3.22. The summed E-state index contributed by atoms with van der Waals surface area (Å²) < 4.78 is 5.52. The molecule has 2 aliphatic rings. The number of hydrogen-bond donors (Lipinski definition) is 1. The van der Waals surface area contributed by atoms with Gasteiger partial charge in [-0.2, -0.15) is 0 Å². The Bertz CT molecular complexity index is 281. The SMILES string of the molecule is CC1CC(N2CCCC2(C)C(=O)O)CCO1. The van der Waals surface area contributed by atoms with Crippen LogP contribution in [0.4, 0.5) is 0 Å². The zero-order chi connectivity index (χ0) is 11.8. The van der Waals surface area contributed by atoms with E-state index >= 15 is 0 Å². The number of hydrogen-bond acceptors (Lipinski definition) is 3. The fourth-order valence-electron chi connectivity index (χ4n) is 3.06. The second kappa shape index (κ2) is 4.34. The van der Waals surface area contributed by atoms with Crippen molar-refractivity contribution in [2.75, 3.05) is 13.2 Å². The Morgan fingerprint density at radius 3 is 2.94 bits per heavy atom. The summed E-state index contributed by atoms with van der Waals surface area (Å²) in [6.45, 7) is 5.61. The molecule has 2 aliphatic heterocycles. The average Bonchev–Trinajstić information content (AvgIpc) is 2.62. The first kappa shape index (κ1) is 11.9. The summed E-state index contributed by atoms with van der Waals surface area (Å²) in [4.78, 5) is 13.6. The third-order valence-corrected chi connectivity index (χ3v) is 4.06. The summed E-state index contributed by atoms with van der Waals surface area (Å²) in [6.07, 6.45) is 3.95. The van der Waals surface area contributed by atoms with Gasteiger partial charge in [-0.25, -0.2) is 0 Å². The highest BCUT2D eigenvalue weighted by Gasteiger charge is 2.46. The minimum absolute atomic E-state index is 0.261. The molecule has 0 amide bonds. The molecule has 4 heteroatoms. The predicted octanol–water partition coefficient (Wildman–Crippen LogP) is 1.49. The van der Waals surface area contributed by atoms with Gasteiger partial charge in [-0.15, -0.1) is 0 Å². The molecule has 0 aliphatic carbocycles. The predicted molar refractivity (Wildman–Crippen MR) is 60.4 cm³/mol. The van der Waals surface area contributed by atoms with Crippen molar-refractivity contribution >= 4 is 5.97 Å². The van der Waals surface area contributed by atoms with Crippen LogP contribution in [0, 0.1) is 0 Å². The summed E-state index contributed by atoms with van der Waals surface area (Å²) in [7, 11) is 0. The van der Waals surface area contributed by atoms with E-state index in [0.29, 0.717) is 6.04 Å². The number of carboxylic acids is 1. The van der Waals surface area contributed by atoms with Crippen molar-refractivity contribution in [1.29, 1.82) is 0 Å². The van der Waals surface area contributed by atoms with E-state index in [-0.39, 0.29) is 6.10 Å². The van der Waals surface area contributed by atoms with E-state index in [1.54, 1.807) is 0 Å². The van der Waals surface area contributed by atoms with Gasteiger partial charge < -0.3 is 9.84 Å². The number of rotatable bonds is 2. The van der Waals surface area contributed by atoms with Crippen LogP contribution in [0.15, 0.2) is 0 Å². The molecule has 0 saturated carbocycles. The first-order valence-corrected chi connectivity index (χ1v) is 6.16. The molecule has 1 N–H and O–H groups in total. The number of nitrogens with zero attached hydrogens (tertiary/aromatic N) is 1. The summed E-state index contributed by atoms with van der Waals surface area (Å²) in [5.41, 5.74) is -0.651. The standard InChI is InChI=1S/C12H21NO3/c1-9-8-10(4-7-16-9)13-6-3-5-12(13,2)11(14)15/h9-10H,3-8H2,1-2H3,(H,14,15). The molecule has 0 aromatic heterocycles. The third-order valence-electron chi connectivity index (χ3n) is 4.06. The van der Waals surface area contributed by atoms with Crippen molar-refractivity contribution in [2.45, 2.75) is 57.2 Å². The Morgan fingerprint density at radius 2 is 2.31 bits per heavy atom. The van der Waals surface area contributed by atoms with Crippen molar-refractivity contribution < 1.29 is 14.6 Å². The van der Waals surface area contributed by atoms with Crippen molar-refractivity contribution in [3.8, 4) is 0 Å². The first-order valence-electron chi connectivity index (χ1n) is 6.16. The average molecular weight is 227 g/mol. The second-order valence-corrected chi connectivity index (χ2v) is 5.24. The van der Waals surface area contributed by atoms with E-state index < -0.39 is 11.5 Å². The van der Waals surface area contributed by atoms with E-state index in [0.717, 1.165) is 38.8 Å². The monoisotopic (exact) mass is 227 g/mol. The van der Waals surface area contributed by atoms with Crippen LogP contribution >= 0.6 is 0 Å². The molecule has 0 spiro atoms. The van der Waals surface area contributed by atoms with Gasteiger partial charge in [0.2, 0.25) is 0 Å². The van der Waals surface area contributed by atoms with E-state index in [1.807, 2.05) is 6.92 Å². The lowest BCUT2D eigenvalue weighted by Crippen LogP contribution is -2.54. The number of carboxylic acid groups (broad SMARTS) is 1. The summed E-state index contributed by atoms with van der Waals surface area (Å²) in [5, 5.41) is 9.37. The Morgan fingerprint density at radius 1 is 1.56 bits per heavy atom. The lowest BCUT2D eigenvalue weighted by molar-refractivity contribution is -0.151. The van der Waals surface area contributed by atoms with Crippen molar-refractivity contribution in [3.05, 3.63) is 0 Å². The molecule has 2 fully saturated rings. The van der Waals surface area contributed by atoms with E-state index in [2.05, 4.69) is 11.8 Å². The quantitative estimate of drug-likeness (QED) is 0.776. The highest BCUT2D eigenvalue weighted by atomic mass is 16.5. The van der Waals surface area contributed by atoms with Gasteiger partial charge in [0.25, 0.3) is 0 Å². The van der Waals surface area contributed by atoms with E-state index in [4.69, 9.17) is 4.74 Å². The number of likely N-dealkylation sites (tertiary alicyclic amines) is 1. The lowest BCUT2D eigenvalue weighted by Gasteiger charge is -2.41. The zero-order valence-corrected chi connectivity index (χ0v) is 10.1. The summed E-state index contributed by atoms with van der Waals surface area (Å²) in [6, 6.07) is 0.382. The molecule has 92 valence electrons. The Labute approximate surface area is 96.6 Å². The van der Waals surface area contributed by atoms with Gasteiger partial charge in [0.05, 0.1) is 6.10 Å². The molecule has 2 saturated heterocycles. The highest BCUT2D eigenvalue weighted by Crippen LogP contribution is 2.34. The third kappa shape index (κ3) is 1.96. The normalized spacial score (nSPS) is 41.1. The largest absolute Gasteiger partial charge is 0.480 e. The molecule has 3 atom stereocenters. The van der Waals surface area contributed by atoms with Gasteiger partial charge >= 0.3 is 5.97 Å². The van der Waals surface area contributed by atoms with Crippen molar-refractivity contribution in [3.63, 3.8) is 0 Å². The molecular formula is C12H21NO3. The maximum absolute atomic E-state index is 11.4. The Hall–Kier alpha value is -0.610. The van der Waals surface area contributed by atoms with E-state index in [9.17, 15) is 9.90 Å². The Balaban J connectivity index is 2.10. The molecule has 3 unspecified atom stereocenters. The molecule has 2 rings (SSSR count).